The fourth-order valence-electron chi connectivity index (χ4n) is 2.30. The van der Waals surface area contributed by atoms with Gasteiger partial charge in [0.25, 0.3) is 0 Å². The van der Waals surface area contributed by atoms with Crippen LogP contribution in [0.15, 0.2) is 27.1 Å². The molecular weight excluding hydrogens is 394 g/mol. The monoisotopic (exact) mass is 409 g/mol. The van der Waals surface area contributed by atoms with Gasteiger partial charge in [0.1, 0.15) is 5.82 Å². The summed E-state index contributed by atoms with van der Waals surface area (Å²) in [4.78, 5) is 9.50. The smallest absolute Gasteiger partial charge is 0.162 e. The molecule has 0 radical (unpaired) electrons. The molecule has 110 valence electrons. The Morgan fingerprint density at radius 1 is 1.24 bits per heavy atom. The van der Waals surface area contributed by atoms with E-state index < -0.39 is 0 Å². The maximum Gasteiger partial charge on any atom is 0.162 e. The lowest BCUT2D eigenvalue weighted by atomic mass is 10.1. The van der Waals surface area contributed by atoms with E-state index in [2.05, 4.69) is 69.2 Å². The lowest BCUT2D eigenvalue weighted by Crippen LogP contribution is -2.06. The van der Waals surface area contributed by atoms with Crippen LogP contribution in [0.1, 0.15) is 36.9 Å². The second-order valence-corrected chi connectivity index (χ2v) is 7.03. The van der Waals surface area contributed by atoms with Crippen LogP contribution in [0, 0.1) is 6.92 Å². The topological polar surface area (TPSA) is 37.8 Å². The summed E-state index contributed by atoms with van der Waals surface area (Å²) in [6.45, 7) is 5.00. The van der Waals surface area contributed by atoms with E-state index in [-0.39, 0.29) is 0 Å². The zero-order chi connectivity index (χ0) is 15.0. The van der Waals surface area contributed by atoms with Crippen LogP contribution in [0.3, 0.4) is 0 Å². The van der Waals surface area contributed by atoms with Gasteiger partial charge in [0, 0.05) is 22.5 Å². The van der Waals surface area contributed by atoms with Crippen LogP contribution in [-0.2, 0) is 0 Å². The fraction of sp³-hybridized carbons (Fsp3) is 0.375. The molecule has 1 heterocycles. The number of benzene rings is 1. The third kappa shape index (κ3) is 3.14. The highest BCUT2D eigenvalue weighted by Gasteiger charge is 2.29. The molecule has 0 spiro atoms. The molecule has 0 atom stereocenters. The Kier molecular flexibility index (Phi) is 4.31. The molecule has 0 saturated heterocycles. The second-order valence-electron chi connectivity index (χ2n) is 5.38. The molecule has 21 heavy (non-hydrogen) atoms. The van der Waals surface area contributed by atoms with E-state index >= 15 is 0 Å². The van der Waals surface area contributed by atoms with E-state index in [1.54, 1.807) is 0 Å². The number of aryl methyl sites for hydroxylation is 1. The van der Waals surface area contributed by atoms with E-state index in [4.69, 9.17) is 9.97 Å². The van der Waals surface area contributed by atoms with Crippen LogP contribution in [0.4, 0.5) is 5.82 Å². The third-order valence-electron chi connectivity index (χ3n) is 3.55. The van der Waals surface area contributed by atoms with Crippen molar-refractivity contribution >= 4 is 37.7 Å². The highest BCUT2D eigenvalue weighted by atomic mass is 79.9. The van der Waals surface area contributed by atoms with Crippen molar-refractivity contribution in [3.8, 4) is 11.4 Å². The summed E-state index contributed by atoms with van der Waals surface area (Å²) in [6, 6.07) is 6.27. The number of halogens is 2. The summed E-state index contributed by atoms with van der Waals surface area (Å²) in [5.41, 5.74) is 3.38. The van der Waals surface area contributed by atoms with Gasteiger partial charge in [-0.2, -0.15) is 0 Å². The molecule has 5 heteroatoms. The van der Waals surface area contributed by atoms with Crippen molar-refractivity contribution in [1.29, 1.82) is 0 Å². The zero-order valence-corrected chi connectivity index (χ0v) is 15.3. The van der Waals surface area contributed by atoms with Crippen molar-refractivity contribution in [3.63, 3.8) is 0 Å². The van der Waals surface area contributed by atoms with E-state index in [0.29, 0.717) is 5.92 Å². The van der Waals surface area contributed by atoms with Crippen LogP contribution in [-0.4, -0.2) is 16.5 Å². The quantitative estimate of drug-likeness (QED) is 0.744. The van der Waals surface area contributed by atoms with E-state index in [1.807, 2.05) is 0 Å². The highest BCUT2D eigenvalue weighted by molar-refractivity contribution is 9.11. The summed E-state index contributed by atoms with van der Waals surface area (Å²) in [6.07, 6.45) is 2.44. The van der Waals surface area contributed by atoms with Gasteiger partial charge in [0.2, 0.25) is 0 Å². The molecule has 1 aliphatic carbocycles. The number of anilines is 1. The molecule has 1 aliphatic rings. The van der Waals surface area contributed by atoms with E-state index in [9.17, 15) is 0 Å². The minimum absolute atomic E-state index is 0.572. The second kappa shape index (κ2) is 6.05. The predicted octanol–water partition coefficient (Wildman–Crippen LogP) is 5.29. The van der Waals surface area contributed by atoms with Crippen LogP contribution in [0.5, 0.6) is 0 Å². The zero-order valence-electron chi connectivity index (χ0n) is 12.1. The Morgan fingerprint density at radius 2 is 2.00 bits per heavy atom. The van der Waals surface area contributed by atoms with Crippen molar-refractivity contribution < 1.29 is 0 Å². The first-order valence-electron chi connectivity index (χ1n) is 7.18. The Balaban J connectivity index is 2.13. The Labute approximate surface area is 141 Å². The summed E-state index contributed by atoms with van der Waals surface area (Å²) in [5, 5.41) is 3.33. The van der Waals surface area contributed by atoms with E-state index in [0.717, 1.165) is 38.4 Å². The normalized spacial score (nSPS) is 14.3. The van der Waals surface area contributed by atoms with Gasteiger partial charge in [-0.25, -0.2) is 9.97 Å². The molecule has 1 fully saturated rings. The van der Waals surface area contributed by atoms with Gasteiger partial charge >= 0.3 is 0 Å². The van der Waals surface area contributed by atoms with Gasteiger partial charge in [-0.05, 0) is 60.3 Å². The molecule has 1 saturated carbocycles. The largest absolute Gasteiger partial charge is 0.369 e. The fourth-order valence-corrected chi connectivity index (χ4v) is 3.61. The van der Waals surface area contributed by atoms with Crippen LogP contribution >= 0.6 is 31.9 Å². The first-order chi connectivity index (χ1) is 10.1. The number of nitrogens with one attached hydrogen (secondary N) is 1. The average molecular weight is 411 g/mol. The van der Waals surface area contributed by atoms with Gasteiger partial charge in [-0.1, -0.05) is 22.0 Å². The number of nitrogens with zero attached hydrogens (tertiary/aromatic N) is 2. The summed E-state index contributed by atoms with van der Waals surface area (Å²) in [7, 11) is 0. The van der Waals surface area contributed by atoms with Crippen molar-refractivity contribution in [2.45, 2.75) is 32.6 Å². The maximum absolute atomic E-state index is 4.81. The first kappa shape index (κ1) is 15.0. The van der Waals surface area contributed by atoms with Crippen molar-refractivity contribution in [3.05, 3.63) is 38.4 Å². The molecule has 1 aromatic carbocycles. The summed E-state index contributed by atoms with van der Waals surface area (Å²) in [5.74, 6) is 2.24. The Morgan fingerprint density at radius 3 is 2.62 bits per heavy atom. The van der Waals surface area contributed by atoms with Gasteiger partial charge in [0.05, 0.1) is 10.2 Å². The molecular formula is C16H17Br2N3. The predicted molar refractivity (Wildman–Crippen MR) is 93.7 cm³/mol. The SMILES string of the molecule is CCNc1nc(-c2ccc(C)cc2Br)nc(C2CC2)c1Br. The maximum atomic E-state index is 4.81. The summed E-state index contributed by atoms with van der Waals surface area (Å²) >= 11 is 7.29. The van der Waals surface area contributed by atoms with Gasteiger partial charge in [-0.3, -0.25) is 0 Å². The van der Waals surface area contributed by atoms with Crippen LogP contribution in [0.2, 0.25) is 0 Å². The molecule has 0 bridgehead atoms. The molecule has 0 amide bonds. The average Bonchev–Trinajstić information content (AvgIpc) is 3.26. The van der Waals surface area contributed by atoms with Gasteiger partial charge in [-0.15, -0.1) is 0 Å². The minimum Gasteiger partial charge on any atom is -0.369 e. The van der Waals surface area contributed by atoms with E-state index in [1.165, 1.54) is 18.4 Å². The van der Waals surface area contributed by atoms with Crippen molar-refractivity contribution in [2.75, 3.05) is 11.9 Å². The van der Waals surface area contributed by atoms with Crippen LogP contribution < -0.4 is 5.32 Å². The van der Waals surface area contributed by atoms with Gasteiger partial charge in [0.15, 0.2) is 5.82 Å². The molecule has 3 nitrogen and oxygen atoms in total. The van der Waals surface area contributed by atoms with Crippen molar-refractivity contribution in [2.24, 2.45) is 0 Å². The number of hydrogen-bond acceptors (Lipinski definition) is 3. The Bertz CT molecular complexity index is 681. The lowest BCUT2D eigenvalue weighted by molar-refractivity contribution is 0.973. The molecule has 2 aromatic rings. The molecule has 1 aromatic heterocycles. The van der Waals surface area contributed by atoms with Crippen LogP contribution in [0.25, 0.3) is 11.4 Å². The molecule has 3 rings (SSSR count). The minimum atomic E-state index is 0.572. The summed E-state index contributed by atoms with van der Waals surface area (Å²) < 4.78 is 2.05. The standard InChI is InChI=1S/C16H17Br2N3/c1-3-19-16-13(18)14(10-5-6-10)20-15(21-16)11-7-4-9(2)8-12(11)17/h4,7-8,10H,3,5-6H2,1-2H3,(H,19,20,21). The molecule has 0 unspecified atom stereocenters. The van der Waals surface area contributed by atoms with Crippen molar-refractivity contribution in [1.82, 2.24) is 9.97 Å². The van der Waals surface area contributed by atoms with Gasteiger partial charge < -0.3 is 5.32 Å². The molecule has 1 N–H and O–H groups in total. The first-order valence-corrected chi connectivity index (χ1v) is 8.76. The number of rotatable bonds is 4. The highest BCUT2D eigenvalue weighted by Crippen LogP contribution is 2.44. The number of hydrogen-bond donors (Lipinski definition) is 1. The lowest BCUT2D eigenvalue weighted by Gasteiger charge is -2.13. The number of aromatic nitrogens is 2. The third-order valence-corrected chi connectivity index (χ3v) is 4.99. The Hall–Kier alpha value is -0.940. The molecule has 0 aliphatic heterocycles.